The zero-order valence-corrected chi connectivity index (χ0v) is 6.76. The van der Waals surface area contributed by atoms with Crippen LogP contribution in [0.2, 0.25) is 0 Å². The second kappa shape index (κ2) is 7.91. The van der Waals surface area contributed by atoms with Crippen molar-refractivity contribution in [1.29, 1.82) is 0 Å². The Bertz CT molecular complexity index is 112. The molecule has 0 saturated carbocycles. The minimum absolute atomic E-state index is 0.362. The summed E-state index contributed by atoms with van der Waals surface area (Å²) in [5.41, 5.74) is 0. The highest BCUT2D eigenvalue weighted by Gasteiger charge is 1.79. The van der Waals surface area contributed by atoms with Gasteiger partial charge in [-0.05, 0) is 17.9 Å². The highest BCUT2D eigenvalue weighted by Crippen LogP contribution is 1.97. The Labute approximate surface area is 63.8 Å². The summed E-state index contributed by atoms with van der Waals surface area (Å²) in [5.74, 6) is 3.01. The summed E-state index contributed by atoms with van der Waals surface area (Å²) >= 11 is 1.37. The average Bonchev–Trinajstić information content (AvgIpc) is 1.97. The van der Waals surface area contributed by atoms with Gasteiger partial charge >= 0.3 is 0 Å². The van der Waals surface area contributed by atoms with E-state index < -0.39 is 0 Å². The highest BCUT2D eigenvalue weighted by molar-refractivity contribution is 8.03. The average molecular weight is 144 g/mol. The van der Waals surface area contributed by atoms with E-state index in [2.05, 4.69) is 18.1 Å². The lowest BCUT2D eigenvalue weighted by atomic mass is 10.2. The van der Waals surface area contributed by atoms with Crippen molar-refractivity contribution in [3.8, 4) is 11.2 Å². The fraction of sp³-hybridized carbons (Fsp3) is 0.750. The third-order valence-corrected chi connectivity index (χ3v) is 1.34. The van der Waals surface area contributed by atoms with Gasteiger partial charge in [-0.15, -0.1) is 0 Å². The van der Waals surface area contributed by atoms with E-state index in [0.29, 0.717) is 6.23 Å². The largest absolute Gasteiger partial charge is 0.0913 e. The van der Waals surface area contributed by atoms with Crippen LogP contribution >= 0.6 is 11.8 Å². The molecule has 52 valence electrons. The van der Waals surface area contributed by atoms with Crippen molar-refractivity contribution in [2.45, 2.75) is 32.6 Å². The Morgan fingerprint density at radius 2 is 2.44 bits per heavy atom. The van der Waals surface area contributed by atoms with Crippen molar-refractivity contribution in [3.05, 3.63) is 0 Å². The topological polar surface area (TPSA) is 0 Å². The molecule has 0 radical (unpaired) electrons. The van der Waals surface area contributed by atoms with Crippen molar-refractivity contribution in [2.75, 3.05) is 6.23 Å². The number of hydrogen-bond acceptors (Lipinski definition) is 1. The van der Waals surface area contributed by atoms with E-state index in [1.54, 1.807) is 0 Å². The zero-order chi connectivity index (χ0) is 7.66. The van der Waals surface area contributed by atoms with E-state index in [9.17, 15) is 0 Å². The molecule has 0 aliphatic rings. The molecular weight excluding hydrogens is 128 g/mol. The maximum atomic E-state index is 6.78. The number of thioether (sulfide) groups is 1. The lowest BCUT2D eigenvalue weighted by Crippen LogP contribution is -1.69. The lowest BCUT2D eigenvalue weighted by molar-refractivity contribution is 0.737. The summed E-state index contributed by atoms with van der Waals surface area (Å²) in [4.78, 5) is 0. The normalized spacial score (nSPS) is 9.67. The van der Waals surface area contributed by atoms with Crippen LogP contribution in [0.1, 0.15) is 34.0 Å². The van der Waals surface area contributed by atoms with E-state index in [0.717, 1.165) is 6.42 Å². The van der Waals surface area contributed by atoms with Crippen LogP contribution in [0.25, 0.3) is 0 Å². The first-order valence-electron chi connectivity index (χ1n) is 4.01. The zero-order valence-electron chi connectivity index (χ0n) is 6.94. The van der Waals surface area contributed by atoms with Gasteiger partial charge in [0.15, 0.2) is 0 Å². The van der Waals surface area contributed by atoms with Crippen LogP contribution in [0.5, 0.6) is 0 Å². The SMILES string of the molecule is [3H]CSC#CCCCCC. The van der Waals surface area contributed by atoms with Gasteiger partial charge in [-0.3, -0.25) is 0 Å². The Balaban J connectivity index is 2.96. The molecule has 0 aliphatic heterocycles. The minimum Gasteiger partial charge on any atom is -0.0913 e. The summed E-state index contributed by atoms with van der Waals surface area (Å²) in [6, 6.07) is 0. The lowest BCUT2D eigenvalue weighted by Gasteiger charge is -1.87. The first-order chi connectivity index (χ1) is 4.91. The molecule has 0 aromatic heterocycles. The maximum absolute atomic E-state index is 6.78. The molecule has 0 bridgehead atoms. The molecule has 0 nitrogen and oxygen atoms in total. The first-order valence-corrected chi connectivity index (χ1v) is 4.29. The molecule has 0 aliphatic carbocycles. The van der Waals surface area contributed by atoms with Crippen LogP contribution in [-0.2, 0) is 0 Å². The molecular formula is C8H14S. The molecule has 0 heterocycles. The monoisotopic (exact) mass is 144 g/mol. The standard InChI is InChI=1S/C8H14S/c1-3-4-5-6-7-8-9-2/h3-6H2,1-2H3/i2T. The molecule has 0 fully saturated rings. The van der Waals surface area contributed by atoms with Crippen molar-refractivity contribution in [3.63, 3.8) is 0 Å². The first kappa shape index (κ1) is 7.02. The Kier molecular flexibility index (Phi) is 6.17. The molecule has 0 rings (SSSR count). The Hall–Kier alpha value is -0.0900. The Morgan fingerprint density at radius 3 is 3.11 bits per heavy atom. The molecule has 0 unspecified atom stereocenters. The highest BCUT2D eigenvalue weighted by atomic mass is 32.2. The summed E-state index contributed by atoms with van der Waals surface area (Å²) in [6.07, 6.45) is 5.11. The number of unbranched alkanes of at least 4 members (excludes halogenated alkanes) is 3. The predicted octanol–water partition coefficient (Wildman–Crippen LogP) is 2.89. The third-order valence-electron chi connectivity index (χ3n) is 1.05. The van der Waals surface area contributed by atoms with Gasteiger partial charge in [0, 0.05) is 7.79 Å². The number of rotatable bonds is 3. The molecule has 1 heteroatoms. The summed E-state index contributed by atoms with van der Waals surface area (Å²) in [5, 5.41) is 2.87. The van der Waals surface area contributed by atoms with Crippen molar-refractivity contribution in [1.82, 2.24) is 0 Å². The molecule has 0 saturated heterocycles. The second-order valence-corrected chi connectivity index (χ2v) is 2.37. The van der Waals surface area contributed by atoms with Gasteiger partial charge in [0.1, 0.15) is 0 Å². The van der Waals surface area contributed by atoms with E-state index in [1.165, 1.54) is 31.0 Å². The van der Waals surface area contributed by atoms with E-state index in [1.807, 2.05) is 0 Å². The van der Waals surface area contributed by atoms with Crippen LogP contribution < -0.4 is 0 Å². The fourth-order valence-corrected chi connectivity index (χ4v) is 0.770. The van der Waals surface area contributed by atoms with Crippen molar-refractivity contribution >= 4 is 11.8 Å². The van der Waals surface area contributed by atoms with Gasteiger partial charge in [-0.1, -0.05) is 37.4 Å². The van der Waals surface area contributed by atoms with Crippen LogP contribution in [0, 0.1) is 11.2 Å². The smallest absolute Gasteiger partial charge is 0.0354 e. The van der Waals surface area contributed by atoms with Gasteiger partial charge in [0.2, 0.25) is 0 Å². The van der Waals surface area contributed by atoms with Crippen LogP contribution in [0.4, 0.5) is 0 Å². The third kappa shape index (κ3) is 7.91. The quantitative estimate of drug-likeness (QED) is 0.433. The molecule has 0 aromatic rings. The van der Waals surface area contributed by atoms with E-state index in [-0.39, 0.29) is 0 Å². The maximum Gasteiger partial charge on any atom is 0.0354 e. The summed E-state index contributed by atoms with van der Waals surface area (Å²) < 4.78 is 6.78. The second-order valence-electron chi connectivity index (χ2n) is 1.88. The summed E-state index contributed by atoms with van der Waals surface area (Å²) in [7, 11) is 0. The molecule has 0 spiro atoms. The van der Waals surface area contributed by atoms with Crippen molar-refractivity contribution in [2.24, 2.45) is 0 Å². The predicted molar refractivity (Wildman–Crippen MR) is 45.4 cm³/mol. The minimum atomic E-state index is 0.362. The molecule has 0 atom stereocenters. The molecule has 0 N–H and O–H groups in total. The molecule has 9 heavy (non-hydrogen) atoms. The Morgan fingerprint density at radius 1 is 1.56 bits per heavy atom. The van der Waals surface area contributed by atoms with Gasteiger partial charge in [0.05, 0.1) is 0 Å². The molecule has 0 amide bonds. The van der Waals surface area contributed by atoms with Crippen LogP contribution in [0.3, 0.4) is 0 Å². The van der Waals surface area contributed by atoms with Gasteiger partial charge in [-0.25, -0.2) is 0 Å². The van der Waals surface area contributed by atoms with Gasteiger partial charge < -0.3 is 0 Å². The van der Waals surface area contributed by atoms with Crippen molar-refractivity contribution < 1.29 is 1.37 Å². The number of hydrogen-bond donors (Lipinski definition) is 0. The van der Waals surface area contributed by atoms with Gasteiger partial charge in [0.25, 0.3) is 0 Å². The van der Waals surface area contributed by atoms with E-state index in [4.69, 9.17) is 1.37 Å². The summed E-state index contributed by atoms with van der Waals surface area (Å²) in [6.45, 7) is 2.19. The van der Waals surface area contributed by atoms with Crippen LogP contribution in [-0.4, -0.2) is 6.23 Å². The van der Waals surface area contributed by atoms with E-state index >= 15 is 0 Å². The van der Waals surface area contributed by atoms with Crippen LogP contribution in [0.15, 0.2) is 0 Å². The molecule has 0 aromatic carbocycles. The fourth-order valence-electron chi connectivity index (χ4n) is 0.565. The van der Waals surface area contributed by atoms with Gasteiger partial charge in [-0.2, -0.15) is 0 Å².